The van der Waals surface area contributed by atoms with Crippen LogP contribution >= 0.6 is 0 Å². The largest absolute Gasteiger partial charge is 0.349 e. The summed E-state index contributed by atoms with van der Waals surface area (Å²) in [6.07, 6.45) is 7.47. The molecule has 0 saturated heterocycles. The van der Waals surface area contributed by atoms with E-state index in [9.17, 15) is 9.18 Å². The van der Waals surface area contributed by atoms with Crippen LogP contribution < -0.4 is 5.73 Å². The van der Waals surface area contributed by atoms with Gasteiger partial charge in [-0.05, 0) is 30.4 Å². The first-order chi connectivity index (χ1) is 9.22. The van der Waals surface area contributed by atoms with Crippen LogP contribution in [-0.4, -0.2) is 34.5 Å². The highest BCUT2D eigenvalue weighted by Crippen LogP contribution is 2.31. The van der Waals surface area contributed by atoms with Crippen LogP contribution in [0.5, 0.6) is 0 Å². The third-order valence-corrected chi connectivity index (χ3v) is 3.87. The van der Waals surface area contributed by atoms with Gasteiger partial charge in [0.1, 0.15) is 0 Å². The number of nitrogens with zero attached hydrogens (tertiary/aromatic N) is 2. The maximum Gasteiger partial charge on any atom is 0.255 e. The van der Waals surface area contributed by atoms with Crippen LogP contribution in [0.4, 0.5) is 4.39 Å². The van der Waals surface area contributed by atoms with Crippen LogP contribution in [0.1, 0.15) is 28.8 Å². The summed E-state index contributed by atoms with van der Waals surface area (Å²) < 4.78 is 14.4. The van der Waals surface area contributed by atoms with Crippen LogP contribution in [0.15, 0.2) is 24.3 Å². The van der Waals surface area contributed by atoms with Gasteiger partial charge < -0.3 is 15.2 Å². The van der Waals surface area contributed by atoms with E-state index in [1.807, 2.05) is 21.9 Å². The predicted octanol–water partition coefficient (Wildman–Crippen LogP) is 1.46. The van der Waals surface area contributed by atoms with Crippen LogP contribution in [0.2, 0.25) is 0 Å². The molecule has 0 aromatic carbocycles. The van der Waals surface area contributed by atoms with Gasteiger partial charge in [0.15, 0.2) is 0 Å². The summed E-state index contributed by atoms with van der Waals surface area (Å²) in [5.41, 5.74) is 7.82. The second-order valence-electron chi connectivity index (χ2n) is 5.32. The fourth-order valence-corrected chi connectivity index (χ4v) is 2.65. The maximum absolute atomic E-state index is 12.5. The molecule has 1 amide bonds. The molecule has 1 aromatic rings. The van der Waals surface area contributed by atoms with Crippen molar-refractivity contribution in [2.75, 3.05) is 13.1 Å². The van der Waals surface area contributed by atoms with E-state index in [0.29, 0.717) is 24.5 Å². The Morgan fingerprint density at radius 1 is 1.47 bits per heavy atom. The van der Waals surface area contributed by atoms with E-state index in [0.717, 1.165) is 36.9 Å². The Bertz CT molecular complexity index is 531. The van der Waals surface area contributed by atoms with Crippen molar-refractivity contribution in [3.05, 3.63) is 35.4 Å². The Morgan fingerprint density at radius 3 is 2.89 bits per heavy atom. The average molecular weight is 263 g/mol. The highest BCUT2D eigenvalue weighted by Gasteiger charge is 2.36. The SMILES string of the molecule is NC/C(=C\F)Cn1cc2c(c1)C(=O)N(C1CC1)CC2. The van der Waals surface area contributed by atoms with Gasteiger partial charge in [-0.3, -0.25) is 4.79 Å². The Balaban J connectivity index is 1.81. The molecule has 1 fully saturated rings. The molecule has 4 nitrogen and oxygen atoms in total. The number of halogens is 1. The molecular weight excluding hydrogens is 245 g/mol. The van der Waals surface area contributed by atoms with Crippen molar-refractivity contribution < 1.29 is 9.18 Å². The molecule has 0 bridgehead atoms. The van der Waals surface area contributed by atoms with E-state index in [1.54, 1.807) is 0 Å². The van der Waals surface area contributed by atoms with Gasteiger partial charge >= 0.3 is 0 Å². The lowest BCUT2D eigenvalue weighted by atomic mass is 10.0. The summed E-state index contributed by atoms with van der Waals surface area (Å²) >= 11 is 0. The lowest BCUT2D eigenvalue weighted by Gasteiger charge is -2.26. The summed E-state index contributed by atoms with van der Waals surface area (Å²) in [5, 5.41) is 0. The molecule has 0 radical (unpaired) electrons. The summed E-state index contributed by atoms with van der Waals surface area (Å²) in [4.78, 5) is 14.3. The standard InChI is InChI=1S/C14H18FN3O/c15-5-10(6-16)7-17-8-11-3-4-18(12-1-2-12)14(19)13(11)9-17/h5,8-9,12H,1-4,6-7,16H2/b10-5+. The fourth-order valence-electron chi connectivity index (χ4n) is 2.65. The van der Waals surface area contributed by atoms with Gasteiger partial charge in [-0.2, -0.15) is 0 Å². The minimum absolute atomic E-state index is 0.126. The van der Waals surface area contributed by atoms with E-state index in [2.05, 4.69) is 0 Å². The third kappa shape index (κ3) is 2.30. The number of carbonyl (C=O) groups is 1. The van der Waals surface area contributed by atoms with Crippen molar-refractivity contribution in [2.45, 2.75) is 31.8 Å². The Labute approximate surface area is 111 Å². The summed E-state index contributed by atoms with van der Waals surface area (Å²) in [5.74, 6) is 0.126. The summed E-state index contributed by atoms with van der Waals surface area (Å²) in [6, 6.07) is 0.453. The molecule has 5 heteroatoms. The van der Waals surface area contributed by atoms with Gasteiger partial charge in [0.05, 0.1) is 11.9 Å². The third-order valence-electron chi connectivity index (χ3n) is 3.87. The zero-order chi connectivity index (χ0) is 13.4. The van der Waals surface area contributed by atoms with Gasteiger partial charge in [0, 0.05) is 38.1 Å². The molecule has 0 unspecified atom stereocenters. The van der Waals surface area contributed by atoms with Gasteiger partial charge in [-0.25, -0.2) is 4.39 Å². The zero-order valence-corrected chi connectivity index (χ0v) is 10.8. The van der Waals surface area contributed by atoms with Crippen molar-refractivity contribution in [3.63, 3.8) is 0 Å². The minimum atomic E-state index is 0.126. The van der Waals surface area contributed by atoms with Gasteiger partial charge in [-0.15, -0.1) is 0 Å². The van der Waals surface area contributed by atoms with Gasteiger partial charge in [-0.1, -0.05) is 0 Å². The maximum atomic E-state index is 12.5. The molecule has 2 aliphatic rings. The predicted molar refractivity (Wildman–Crippen MR) is 70.4 cm³/mol. The van der Waals surface area contributed by atoms with Crippen LogP contribution in [0.3, 0.4) is 0 Å². The molecule has 102 valence electrons. The minimum Gasteiger partial charge on any atom is -0.349 e. The normalized spacial score (nSPS) is 19.8. The van der Waals surface area contributed by atoms with Crippen molar-refractivity contribution >= 4 is 5.91 Å². The zero-order valence-electron chi connectivity index (χ0n) is 10.8. The summed E-state index contributed by atoms with van der Waals surface area (Å²) in [6.45, 7) is 1.42. The number of fused-ring (bicyclic) bond motifs is 1. The molecule has 1 aliphatic carbocycles. The van der Waals surface area contributed by atoms with Crippen molar-refractivity contribution in [2.24, 2.45) is 5.73 Å². The molecule has 3 rings (SSSR count). The Kier molecular flexibility index (Phi) is 3.14. The summed E-state index contributed by atoms with van der Waals surface area (Å²) in [7, 11) is 0. The van der Waals surface area contributed by atoms with E-state index >= 15 is 0 Å². The molecular formula is C14H18FN3O. The van der Waals surface area contributed by atoms with Crippen molar-refractivity contribution in [3.8, 4) is 0 Å². The second-order valence-corrected chi connectivity index (χ2v) is 5.32. The molecule has 2 N–H and O–H groups in total. The Morgan fingerprint density at radius 2 is 2.26 bits per heavy atom. The highest BCUT2D eigenvalue weighted by atomic mass is 19.1. The first-order valence-electron chi connectivity index (χ1n) is 6.70. The van der Waals surface area contributed by atoms with Crippen LogP contribution in [-0.2, 0) is 13.0 Å². The molecule has 0 spiro atoms. The molecule has 1 aliphatic heterocycles. The first-order valence-corrected chi connectivity index (χ1v) is 6.70. The number of hydrogen-bond donors (Lipinski definition) is 1. The number of rotatable bonds is 4. The number of hydrogen-bond acceptors (Lipinski definition) is 2. The molecule has 1 aromatic heterocycles. The van der Waals surface area contributed by atoms with E-state index in [4.69, 9.17) is 5.73 Å². The first kappa shape index (κ1) is 12.4. The topological polar surface area (TPSA) is 51.3 Å². The number of aromatic nitrogens is 1. The smallest absolute Gasteiger partial charge is 0.255 e. The van der Waals surface area contributed by atoms with Gasteiger partial charge in [0.25, 0.3) is 5.91 Å². The van der Waals surface area contributed by atoms with Crippen molar-refractivity contribution in [1.82, 2.24) is 9.47 Å². The average Bonchev–Trinajstić information content (AvgIpc) is 3.16. The molecule has 0 atom stereocenters. The van der Waals surface area contributed by atoms with Crippen LogP contribution in [0.25, 0.3) is 0 Å². The number of amides is 1. The lowest BCUT2D eigenvalue weighted by molar-refractivity contribution is 0.0727. The van der Waals surface area contributed by atoms with Crippen molar-refractivity contribution in [1.29, 1.82) is 0 Å². The number of carbonyl (C=O) groups excluding carboxylic acids is 1. The highest BCUT2D eigenvalue weighted by molar-refractivity contribution is 5.97. The molecule has 1 saturated carbocycles. The lowest BCUT2D eigenvalue weighted by Crippen LogP contribution is -2.38. The second kappa shape index (κ2) is 4.81. The molecule has 2 heterocycles. The van der Waals surface area contributed by atoms with E-state index < -0.39 is 0 Å². The molecule has 19 heavy (non-hydrogen) atoms. The van der Waals surface area contributed by atoms with Crippen LogP contribution in [0, 0.1) is 0 Å². The Hall–Kier alpha value is -1.62. The number of nitrogens with two attached hydrogens (primary N) is 1. The fraction of sp³-hybridized carbons (Fsp3) is 0.500. The van der Waals surface area contributed by atoms with E-state index in [-0.39, 0.29) is 12.5 Å². The van der Waals surface area contributed by atoms with Gasteiger partial charge in [0.2, 0.25) is 0 Å². The monoisotopic (exact) mass is 263 g/mol. The quantitative estimate of drug-likeness (QED) is 0.894. The van der Waals surface area contributed by atoms with E-state index in [1.165, 1.54) is 0 Å².